The van der Waals surface area contributed by atoms with Crippen molar-refractivity contribution in [2.24, 2.45) is 10.7 Å². The van der Waals surface area contributed by atoms with E-state index in [2.05, 4.69) is 34.3 Å². The average molecular weight is 460 g/mol. The van der Waals surface area contributed by atoms with Gasteiger partial charge in [-0.1, -0.05) is 38.0 Å². The van der Waals surface area contributed by atoms with Crippen LogP contribution in [0.2, 0.25) is 0 Å². The minimum atomic E-state index is 0. The molecule has 2 rings (SSSR count). The largest absolute Gasteiger partial charge is 0.496 e. The van der Waals surface area contributed by atoms with Crippen molar-refractivity contribution in [3.05, 3.63) is 29.8 Å². The summed E-state index contributed by atoms with van der Waals surface area (Å²) < 4.78 is 5.58. The van der Waals surface area contributed by atoms with Gasteiger partial charge in [0.2, 0.25) is 0 Å². The van der Waals surface area contributed by atoms with Crippen LogP contribution in [0.1, 0.15) is 50.6 Å². The normalized spacial score (nSPS) is 16.8. The van der Waals surface area contributed by atoms with Crippen molar-refractivity contribution in [3.8, 4) is 5.75 Å². The van der Waals surface area contributed by atoms with E-state index in [1.165, 1.54) is 24.8 Å². The number of rotatable bonds is 8. The molecule has 1 saturated heterocycles. The number of hydrogen-bond donors (Lipinski definition) is 2. The van der Waals surface area contributed by atoms with Gasteiger partial charge in [0.25, 0.3) is 0 Å². The lowest BCUT2D eigenvalue weighted by molar-refractivity contribution is 0.165. The second kappa shape index (κ2) is 12.4. The first kappa shape index (κ1) is 22.0. The molecular weight excluding hydrogens is 427 g/mol. The molecule has 1 aliphatic rings. The topological polar surface area (TPSA) is 62.9 Å². The van der Waals surface area contributed by atoms with E-state index in [9.17, 15) is 0 Å². The maximum atomic E-state index is 6.03. The van der Waals surface area contributed by atoms with Crippen LogP contribution in [0.25, 0.3) is 0 Å². The lowest BCUT2D eigenvalue weighted by Crippen LogP contribution is -2.37. The first-order chi connectivity index (χ1) is 11.8. The number of likely N-dealkylation sites (tertiary alicyclic amines) is 1. The van der Waals surface area contributed by atoms with E-state index >= 15 is 0 Å². The monoisotopic (exact) mass is 460 g/mol. The molecule has 1 unspecified atom stereocenters. The van der Waals surface area contributed by atoms with Gasteiger partial charge in [0, 0.05) is 12.1 Å². The molecular formula is C19H33IN4O. The lowest BCUT2D eigenvalue weighted by Gasteiger charge is -2.34. The average Bonchev–Trinajstić information content (AvgIpc) is 2.63. The van der Waals surface area contributed by atoms with E-state index in [1.807, 2.05) is 12.1 Å². The fourth-order valence-electron chi connectivity index (χ4n) is 3.22. The fraction of sp³-hybridized carbons (Fsp3) is 0.632. The highest BCUT2D eigenvalue weighted by Gasteiger charge is 2.24. The van der Waals surface area contributed by atoms with Gasteiger partial charge in [-0.15, -0.1) is 24.0 Å². The number of ether oxygens (including phenoxy) is 1. The summed E-state index contributed by atoms with van der Waals surface area (Å²) in [6.45, 7) is 5.94. The lowest BCUT2D eigenvalue weighted by atomic mass is 10.0. The second-order valence-corrected chi connectivity index (χ2v) is 6.36. The van der Waals surface area contributed by atoms with Gasteiger partial charge in [0.1, 0.15) is 5.75 Å². The minimum absolute atomic E-state index is 0. The van der Waals surface area contributed by atoms with E-state index in [4.69, 9.17) is 10.5 Å². The van der Waals surface area contributed by atoms with Crippen LogP contribution in [-0.2, 0) is 0 Å². The van der Waals surface area contributed by atoms with Crippen molar-refractivity contribution < 1.29 is 4.74 Å². The Morgan fingerprint density at radius 2 is 2.00 bits per heavy atom. The highest BCUT2D eigenvalue weighted by Crippen LogP contribution is 2.31. The number of nitrogens with two attached hydrogens (primary N) is 1. The summed E-state index contributed by atoms with van der Waals surface area (Å²) in [7, 11) is 1.73. The molecule has 0 aromatic heterocycles. The van der Waals surface area contributed by atoms with Crippen molar-refractivity contribution >= 4 is 29.9 Å². The summed E-state index contributed by atoms with van der Waals surface area (Å²) in [5.41, 5.74) is 7.23. The van der Waals surface area contributed by atoms with Gasteiger partial charge in [-0.05, 0) is 38.4 Å². The van der Waals surface area contributed by atoms with Gasteiger partial charge in [-0.3, -0.25) is 9.89 Å². The van der Waals surface area contributed by atoms with Gasteiger partial charge in [-0.25, -0.2) is 0 Å². The Bertz CT molecular complexity index is 518. The summed E-state index contributed by atoms with van der Waals surface area (Å²) in [6, 6.07) is 8.47. The second-order valence-electron chi connectivity index (χ2n) is 6.36. The molecule has 1 atom stereocenters. The predicted molar refractivity (Wildman–Crippen MR) is 116 cm³/mol. The number of halogens is 1. The summed E-state index contributed by atoms with van der Waals surface area (Å²) in [4.78, 5) is 7.13. The Kier molecular flexibility index (Phi) is 10.9. The van der Waals surface area contributed by atoms with E-state index in [1.54, 1.807) is 7.11 Å². The number of nitrogens with zero attached hydrogens (tertiary/aromatic N) is 2. The maximum absolute atomic E-state index is 6.03. The highest BCUT2D eigenvalue weighted by atomic mass is 127. The Balaban J connectivity index is 0.00000312. The maximum Gasteiger partial charge on any atom is 0.188 e. The number of guanidine groups is 1. The Morgan fingerprint density at radius 3 is 2.68 bits per heavy atom. The molecule has 0 saturated carbocycles. The molecule has 0 spiro atoms. The summed E-state index contributed by atoms with van der Waals surface area (Å²) in [6.07, 6.45) is 6.08. The van der Waals surface area contributed by atoms with Crippen LogP contribution in [0.15, 0.2) is 29.3 Å². The zero-order valence-electron chi connectivity index (χ0n) is 15.5. The third-order valence-electron chi connectivity index (χ3n) is 4.60. The summed E-state index contributed by atoms with van der Waals surface area (Å²) in [5, 5.41) is 3.20. The molecule has 1 aliphatic heterocycles. The van der Waals surface area contributed by atoms with E-state index in [0.29, 0.717) is 12.5 Å². The van der Waals surface area contributed by atoms with Crippen molar-refractivity contribution in [1.82, 2.24) is 10.2 Å². The number of hydrogen-bond acceptors (Lipinski definition) is 3. The molecule has 6 heteroatoms. The highest BCUT2D eigenvalue weighted by molar-refractivity contribution is 14.0. The number of unbranched alkanes of at least 4 members (excludes halogenated alkanes) is 1. The molecule has 25 heavy (non-hydrogen) atoms. The first-order valence-electron chi connectivity index (χ1n) is 9.17. The van der Waals surface area contributed by atoms with E-state index in [0.717, 1.165) is 38.2 Å². The third kappa shape index (κ3) is 7.01. The molecule has 1 aromatic carbocycles. The molecule has 5 nitrogen and oxygen atoms in total. The number of piperidine rings is 1. The van der Waals surface area contributed by atoms with Gasteiger partial charge in [-0.2, -0.15) is 0 Å². The van der Waals surface area contributed by atoms with Crippen LogP contribution in [0.5, 0.6) is 5.75 Å². The van der Waals surface area contributed by atoms with Crippen molar-refractivity contribution in [1.29, 1.82) is 0 Å². The van der Waals surface area contributed by atoms with Crippen LogP contribution < -0.4 is 15.8 Å². The Hall–Kier alpha value is -1.02. The molecule has 0 radical (unpaired) electrons. The van der Waals surface area contributed by atoms with E-state index in [-0.39, 0.29) is 30.0 Å². The van der Waals surface area contributed by atoms with Crippen molar-refractivity contribution in [2.45, 2.75) is 45.1 Å². The van der Waals surface area contributed by atoms with Crippen LogP contribution in [0.4, 0.5) is 0 Å². The minimum Gasteiger partial charge on any atom is -0.496 e. The number of benzene rings is 1. The number of aliphatic imine (C=N–C) groups is 1. The molecule has 3 N–H and O–H groups in total. The van der Waals surface area contributed by atoms with Crippen LogP contribution in [0.3, 0.4) is 0 Å². The molecule has 1 fully saturated rings. The van der Waals surface area contributed by atoms with Gasteiger partial charge >= 0.3 is 0 Å². The standard InChI is InChI=1S/C19H32N4O.HI/c1-3-4-12-21-19(20)22-15-17(23-13-8-5-9-14-23)16-10-6-7-11-18(16)24-2;/h6-7,10-11,17H,3-5,8-9,12-15H2,1-2H3,(H3,20,21,22);1H. The summed E-state index contributed by atoms with van der Waals surface area (Å²) in [5.74, 6) is 1.47. The number of methoxy groups -OCH3 is 1. The van der Waals surface area contributed by atoms with Crippen molar-refractivity contribution in [2.75, 3.05) is 33.3 Å². The quantitative estimate of drug-likeness (QED) is 0.270. The molecule has 1 heterocycles. The van der Waals surface area contributed by atoms with Crippen LogP contribution in [-0.4, -0.2) is 44.1 Å². The first-order valence-corrected chi connectivity index (χ1v) is 9.17. The van der Waals surface area contributed by atoms with Gasteiger partial charge in [0.15, 0.2) is 5.96 Å². The smallest absolute Gasteiger partial charge is 0.188 e. The number of para-hydroxylation sites is 1. The van der Waals surface area contributed by atoms with E-state index < -0.39 is 0 Å². The fourth-order valence-corrected chi connectivity index (χ4v) is 3.22. The number of nitrogens with one attached hydrogen (secondary N) is 1. The zero-order chi connectivity index (χ0) is 17.2. The van der Waals surface area contributed by atoms with Crippen LogP contribution >= 0.6 is 24.0 Å². The van der Waals surface area contributed by atoms with Crippen molar-refractivity contribution in [3.63, 3.8) is 0 Å². The molecule has 0 bridgehead atoms. The van der Waals surface area contributed by atoms with Gasteiger partial charge in [0.05, 0.1) is 19.7 Å². The molecule has 0 aliphatic carbocycles. The van der Waals surface area contributed by atoms with Crippen LogP contribution in [0, 0.1) is 0 Å². The molecule has 1 aromatic rings. The Labute approximate surface area is 169 Å². The Morgan fingerprint density at radius 1 is 1.28 bits per heavy atom. The summed E-state index contributed by atoms with van der Waals surface area (Å²) >= 11 is 0. The molecule has 0 amide bonds. The third-order valence-corrected chi connectivity index (χ3v) is 4.60. The zero-order valence-corrected chi connectivity index (χ0v) is 17.9. The van der Waals surface area contributed by atoms with Gasteiger partial charge < -0.3 is 15.8 Å². The molecule has 142 valence electrons. The predicted octanol–water partition coefficient (Wildman–Crippen LogP) is 3.54. The SMILES string of the molecule is CCCCNC(N)=NCC(c1ccccc1OC)N1CCCCC1.I.